The number of para-hydroxylation sites is 3. The Morgan fingerprint density at radius 1 is 0.258 bits per heavy atom. The van der Waals surface area contributed by atoms with Gasteiger partial charge in [-0.25, -0.2) is 4.98 Å². The van der Waals surface area contributed by atoms with Crippen LogP contribution in [0.15, 0.2) is 224 Å². The molecule has 0 aliphatic rings. The van der Waals surface area contributed by atoms with E-state index in [0.717, 1.165) is 77.3 Å². The van der Waals surface area contributed by atoms with Crippen LogP contribution in [0.25, 0.3) is 111 Å². The van der Waals surface area contributed by atoms with E-state index in [4.69, 9.17) is 15.0 Å². The van der Waals surface area contributed by atoms with Gasteiger partial charge in [0.05, 0.1) is 27.8 Å². The van der Waals surface area contributed by atoms with Gasteiger partial charge >= 0.3 is 0 Å². The number of nitrogens with zero attached hydrogens (tertiary/aromatic N) is 5. The van der Waals surface area contributed by atoms with E-state index in [0.29, 0.717) is 17.6 Å². The van der Waals surface area contributed by atoms with Crippen molar-refractivity contribution < 1.29 is 0 Å². The molecule has 12 aromatic rings. The van der Waals surface area contributed by atoms with Gasteiger partial charge in [-0.15, -0.1) is 0 Å². The van der Waals surface area contributed by atoms with Gasteiger partial charge in [0.1, 0.15) is 0 Å². The Morgan fingerprint density at radius 3 is 1.26 bits per heavy atom. The highest BCUT2D eigenvalue weighted by atomic mass is 15.2. The highest BCUT2D eigenvalue weighted by Gasteiger charge is 2.24. The SMILES string of the molecule is c1ccc(-c2cccc(-c3cccc(-c4ccccc4)c3-n3c4ccccc4c4cc5c(cc43)c3ccccc3n5-c3nc(-c4ccccc4)nc(-c4ccccc4)n3)c2)cc1. The van der Waals surface area contributed by atoms with E-state index in [1.165, 1.54) is 16.5 Å². The molecular formula is C57H37N5. The van der Waals surface area contributed by atoms with Gasteiger partial charge in [-0.3, -0.25) is 4.57 Å². The largest absolute Gasteiger partial charge is 0.308 e. The average molecular weight is 792 g/mol. The molecule has 0 saturated heterocycles. The first kappa shape index (κ1) is 35.5. The van der Waals surface area contributed by atoms with Crippen molar-refractivity contribution in [2.75, 3.05) is 0 Å². The van der Waals surface area contributed by atoms with Crippen molar-refractivity contribution in [3.05, 3.63) is 224 Å². The number of hydrogen-bond acceptors (Lipinski definition) is 3. The number of aromatic nitrogens is 5. The molecule has 3 heterocycles. The summed E-state index contributed by atoms with van der Waals surface area (Å²) in [7, 11) is 0. The van der Waals surface area contributed by atoms with E-state index in [-0.39, 0.29) is 0 Å². The molecule has 3 aromatic heterocycles. The Labute approximate surface area is 358 Å². The summed E-state index contributed by atoms with van der Waals surface area (Å²) in [5.74, 6) is 1.82. The zero-order valence-corrected chi connectivity index (χ0v) is 33.6. The normalized spacial score (nSPS) is 11.5. The van der Waals surface area contributed by atoms with Crippen molar-refractivity contribution in [3.63, 3.8) is 0 Å². The van der Waals surface area contributed by atoms with E-state index in [9.17, 15) is 0 Å². The Hall–Kier alpha value is -8.41. The molecule has 0 N–H and O–H groups in total. The van der Waals surface area contributed by atoms with Crippen molar-refractivity contribution in [2.45, 2.75) is 0 Å². The Balaban J connectivity index is 1.17. The molecule has 0 saturated carbocycles. The number of fused-ring (bicyclic) bond motifs is 6. The minimum Gasteiger partial charge on any atom is -0.308 e. The first-order chi connectivity index (χ1) is 30.8. The molecule has 5 heteroatoms. The van der Waals surface area contributed by atoms with Gasteiger partial charge < -0.3 is 4.57 Å². The van der Waals surface area contributed by atoms with Gasteiger partial charge in [0.25, 0.3) is 0 Å². The topological polar surface area (TPSA) is 48.5 Å². The smallest absolute Gasteiger partial charge is 0.238 e. The van der Waals surface area contributed by atoms with E-state index in [1.807, 2.05) is 36.4 Å². The summed E-state index contributed by atoms with van der Waals surface area (Å²) in [5.41, 5.74) is 14.3. The molecule has 0 amide bonds. The van der Waals surface area contributed by atoms with Gasteiger partial charge in [-0.1, -0.05) is 194 Å². The van der Waals surface area contributed by atoms with Crippen molar-refractivity contribution in [3.8, 4) is 67.8 Å². The molecule has 0 spiro atoms. The molecule has 290 valence electrons. The summed E-state index contributed by atoms with van der Waals surface area (Å²) in [4.78, 5) is 15.5. The summed E-state index contributed by atoms with van der Waals surface area (Å²) in [6.45, 7) is 0. The molecule has 0 fully saturated rings. The fraction of sp³-hybridized carbons (Fsp3) is 0. The minimum atomic E-state index is 0.571. The van der Waals surface area contributed by atoms with Crippen LogP contribution >= 0.6 is 0 Å². The molecule has 5 nitrogen and oxygen atoms in total. The van der Waals surface area contributed by atoms with Crippen LogP contribution < -0.4 is 0 Å². The molecule has 0 aliphatic heterocycles. The first-order valence-corrected chi connectivity index (χ1v) is 21.0. The van der Waals surface area contributed by atoms with E-state index in [2.05, 4.69) is 197 Å². The lowest BCUT2D eigenvalue weighted by Gasteiger charge is -2.19. The number of rotatable bonds is 7. The molecule has 0 bridgehead atoms. The molecule has 0 unspecified atom stereocenters. The molecule has 12 rings (SSSR count). The lowest BCUT2D eigenvalue weighted by molar-refractivity contribution is 0.954. The second-order valence-corrected chi connectivity index (χ2v) is 15.6. The fourth-order valence-corrected chi connectivity index (χ4v) is 9.15. The summed E-state index contributed by atoms with van der Waals surface area (Å²) < 4.78 is 4.71. The predicted octanol–water partition coefficient (Wildman–Crippen LogP) is 14.4. The summed E-state index contributed by atoms with van der Waals surface area (Å²) in [6, 6.07) is 79.5. The van der Waals surface area contributed by atoms with Crippen LogP contribution in [0.2, 0.25) is 0 Å². The van der Waals surface area contributed by atoms with Crippen molar-refractivity contribution in [1.82, 2.24) is 24.1 Å². The Morgan fingerprint density at radius 2 is 0.677 bits per heavy atom. The van der Waals surface area contributed by atoms with Crippen molar-refractivity contribution in [2.24, 2.45) is 0 Å². The first-order valence-electron chi connectivity index (χ1n) is 21.0. The third kappa shape index (κ3) is 5.90. The lowest BCUT2D eigenvalue weighted by atomic mass is 9.93. The standard InChI is InChI=1S/C57H37N5/c1-5-19-38(20-6-1)42-27-17-28-43(35-42)45-32-18-31-44(39-21-7-2-8-22-39)54(45)61-50-33-15-13-29-46(50)48-37-53-49(36-52(48)61)47-30-14-16-34-51(47)62(53)57-59-55(40-23-9-3-10-24-40)58-56(60-57)41-25-11-4-12-26-41/h1-37H. The maximum absolute atomic E-state index is 5.22. The Bertz CT molecular complexity index is 3550. The van der Waals surface area contributed by atoms with Crippen LogP contribution in [0.1, 0.15) is 0 Å². The number of benzene rings is 9. The van der Waals surface area contributed by atoms with E-state index in [1.54, 1.807) is 0 Å². The van der Waals surface area contributed by atoms with Gasteiger partial charge in [0, 0.05) is 43.8 Å². The van der Waals surface area contributed by atoms with Crippen LogP contribution in [0.4, 0.5) is 0 Å². The maximum atomic E-state index is 5.22. The zero-order chi connectivity index (χ0) is 41.0. The van der Waals surface area contributed by atoms with Gasteiger partial charge in [0.15, 0.2) is 11.6 Å². The van der Waals surface area contributed by atoms with Crippen LogP contribution in [-0.4, -0.2) is 24.1 Å². The minimum absolute atomic E-state index is 0.571. The molecule has 62 heavy (non-hydrogen) atoms. The third-order valence-electron chi connectivity index (χ3n) is 12.0. The zero-order valence-electron chi connectivity index (χ0n) is 33.6. The average Bonchev–Trinajstić information content (AvgIpc) is 3.85. The second kappa shape index (κ2) is 14.7. The van der Waals surface area contributed by atoms with E-state index >= 15 is 0 Å². The number of hydrogen-bond donors (Lipinski definition) is 0. The Kier molecular flexibility index (Phi) is 8.42. The summed E-state index contributed by atoms with van der Waals surface area (Å²) in [6.07, 6.45) is 0. The summed E-state index contributed by atoms with van der Waals surface area (Å²) in [5, 5.41) is 4.55. The summed E-state index contributed by atoms with van der Waals surface area (Å²) >= 11 is 0. The van der Waals surface area contributed by atoms with E-state index < -0.39 is 0 Å². The lowest BCUT2D eigenvalue weighted by Crippen LogP contribution is -2.06. The van der Waals surface area contributed by atoms with Crippen molar-refractivity contribution >= 4 is 43.6 Å². The monoisotopic (exact) mass is 791 g/mol. The highest BCUT2D eigenvalue weighted by Crippen LogP contribution is 2.44. The third-order valence-corrected chi connectivity index (χ3v) is 12.0. The van der Waals surface area contributed by atoms with Crippen LogP contribution in [-0.2, 0) is 0 Å². The van der Waals surface area contributed by atoms with Crippen LogP contribution in [0.5, 0.6) is 0 Å². The fourth-order valence-electron chi connectivity index (χ4n) is 9.15. The highest BCUT2D eigenvalue weighted by molar-refractivity contribution is 6.19. The maximum Gasteiger partial charge on any atom is 0.238 e. The molecular weight excluding hydrogens is 755 g/mol. The quantitative estimate of drug-likeness (QED) is 0.162. The second-order valence-electron chi connectivity index (χ2n) is 15.6. The molecule has 0 radical (unpaired) electrons. The molecule has 0 aliphatic carbocycles. The van der Waals surface area contributed by atoms with Gasteiger partial charge in [-0.2, -0.15) is 9.97 Å². The van der Waals surface area contributed by atoms with Crippen LogP contribution in [0.3, 0.4) is 0 Å². The van der Waals surface area contributed by atoms with Gasteiger partial charge in [0.2, 0.25) is 5.95 Å². The molecule has 0 atom stereocenters. The van der Waals surface area contributed by atoms with Gasteiger partial charge in [-0.05, 0) is 52.6 Å². The predicted molar refractivity (Wildman–Crippen MR) is 256 cm³/mol. The molecule has 9 aromatic carbocycles. The van der Waals surface area contributed by atoms with Crippen molar-refractivity contribution in [1.29, 1.82) is 0 Å². The van der Waals surface area contributed by atoms with Crippen LogP contribution in [0, 0.1) is 0 Å².